The number of fused-ring (bicyclic) bond motifs is 1. The van der Waals surface area contributed by atoms with Crippen LogP contribution in [0.4, 0.5) is 24.7 Å². The second kappa shape index (κ2) is 7.49. The van der Waals surface area contributed by atoms with E-state index in [1.807, 2.05) is 13.0 Å². The Balaban J connectivity index is 1.95. The maximum absolute atomic E-state index is 13.8. The number of hydrogen-bond acceptors (Lipinski definition) is 3. The molecular formula is C21H15Cl2F3N4. The summed E-state index contributed by atoms with van der Waals surface area (Å²) in [6.45, 7) is 3.57. The number of nitrogens with zero attached hydrogens (tertiary/aromatic N) is 3. The Morgan fingerprint density at radius 2 is 1.67 bits per heavy atom. The number of benzene rings is 2. The first-order chi connectivity index (χ1) is 14.1. The first kappa shape index (κ1) is 20.5. The van der Waals surface area contributed by atoms with Crippen molar-refractivity contribution in [2.24, 2.45) is 0 Å². The lowest BCUT2D eigenvalue weighted by molar-refractivity contribution is -0.140. The van der Waals surface area contributed by atoms with E-state index in [1.54, 1.807) is 25.1 Å². The quantitative estimate of drug-likeness (QED) is 0.362. The van der Waals surface area contributed by atoms with E-state index >= 15 is 0 Å². The molecule has 0 aliphatic rings. The Hall–Kier alpha value is -2.77. The van der Waals surface area contributed by atoms with E-state index in [2.05, 4.69) is 15.4 Å². The highest BCUT2D eigenvalue weighted by molar-refractivity contribution is 6.31. The molecule has 4 nitrogen and oxygen atoms in total. The predicted molar refractivity (Wildman–Crippen MR) is 113 cm³/mol. The first-order valence-corrected chi connectivity index (χ1v) is 9.66. The molecule has 30 heavy (non-hydrogen) atoms. The van der Waals surface area contributed by atoms with Crippen molar-refractivity contribution in [1.82, 2.24) is 14.6 Å². The molecule has 9 heteroatoms. The summed E-state index contributed by atoms with van der Waals surface area (Å²) in [6.07, 6.45) is -4.67. The van der Waals surface area contributed by atoms with Gasteiger partial charge in [0, 0.05) is 27.5 Å². The summed E-state index contributed by atoms with van der Waals surface area (Å²) < 4.78 is 42.7. The normalized spacial score (nSPS) is 11.8. The third kappa shape index (κ3) is 3.82. The van der Waals surface area contributed by atoms with Crippen LogP contribution in [0.15, 0.2) is 48.5 Å². The van der Waals surface area contributed by atoms with Crippen LogP contribution in [-0.2, 0) is 6.18 Å². The Morgan fingerprint density at radius 1 is 0.967 bits per heavy atom. The average molecular weight is 451 g/mol. The van der Waals surface area contributed by atoms with Crippen molar-refractivity contribution in [1.29, 1.82) is 0 Å². The van der Waals surface area contributed by atoms with Gasteiger partial charge in [-0.05, 0) is 49.2 Å². The lowest BCUT2D eigenvalue weighted by atomic mass is 10.1. The number of nitrogens with one attached hydrogen (secondary N) is 1. The standard InChI is InChI=1S/C21H15Cl2F3N4/c1-11-3-8-15(10-16(11)23)28-17-9-12(2)27-20-18(13-4-6-14(22)7-5-13)19(21(24,25)26)29-30(17)20/h3-10,28H,1-2H3. The van der Waals surface area contributed by atoms with Crippen molar-refractivity contribution in [2.45, 2.75) is 20.0 Å². The van der Waals surface area contributed by atoms with Crippen molar-refractivity contribution in [3.8, 4) is 11.1 Å². The van der Waals surface area contributed by atoms with Gasteiger partial charge in [-0.25, -0.2) is 4.98 Å². The molecule has 4 aromatic rings. The Bertz CT molecular complexity index is 1250. The summed E-state index contributed by atoms with van der Waals surface area (Å²) in [6, 6.07) is 13.0. The molecule has 0 aliphatic carbocycles. The lowest BCUT2D eigenvalue weighted by Crippen LogP contribution is -2.08. The molecule has 0 radical (unpaired) electrons. The fourth-order valence-electron chi connectivity index (χ4n) is 3.13. The van der Waals surface area contributed by atoms with Crippen LogP contribution in [0.25, 0.3) is 16.8 Å². The van der Waals surface area contributed by atoms with E-state index in [-0.39, 0.29) is 11.2 Å². The van der Waals surface area contributed by atoms with Crippen molar-refractivity contribution < 1.29 is 13.2 Å². The van der Waals surface area contributed by atoms with Gasteiger partial charge in [0.1, 0.15) is 5.82 Å². The van der Waals surface area contributed by atoms with Gasteiger partial charge in [-0.15, -0.1) is 0 Å². The number of anilines is 2. The molecule has 154 valence electrons. The highest BCUT2D eigenvalue weighted by atomic mass is 35.5. The first-order valence-electron chi connectivity index (χ1n) is 8.90. The van der Waals surface area contributed by atoms with Crippen molar-refractivity contribution in [2.75, 3.05) is 5.32 Å². The summed E-state index contributed by atoms with van der Waals surface area (Å²) >= 11 is 12.1. The van der Waals surface area contributed by atoms with Gasteiger partial charge in [0.2, 0.25) is 0 Å². The smallest absolute Gasteiger partial charge is 0.340 e. The van der Waals surface area contributed by atoms with Crippen LogP contribution < -0.4 is 5.32 Å². The second-order valence-electron chi connectivity index (χ2n) is 6.84. The minimum Gasteiger partial charge on any atom is -0.340 e. The summed E-state index contributed by atoms with van der Waals surface area (Å²) in [5, 5.41) is 7.92. The van der Waals surface area contributed by atoms with E-state index in [4.69, 9.17) is 23.2 Å². The highest BCUT2D eigenvalue weighted by Crippen LogP contribution is 2.39. The number of hydrogen-bond donors (Lipinski definition) is 1. The minimum atomic E-state index is -4.67. The zero-order valence-corrected chi connectivity index (χ0v) is 17.4. The molecule has 4 rings (SSSR count). The van der Waals surface area contributed by atoms with Crippen LogP contribution in [0.3, 0.4) is 0 Å². The molecule has 0 atom stereocenters. The molecule has 2 heterocycles. The van der Waals surface area contributed by atoms with E-state index in [0.717, 1.165) is 10.1 Å². The molecule has 0 fully saturated rings. The third-order valence-electron chi connectivity index (χ3n) is 4.56. The zero-order valence-electron chi connectivity index (χ0n) is 15.9. The van der Waals surface area contributed by atoms with Gasteiger partial charge in [-0.1, -0.05) is 41.4 Å². The Morgan fingerprint density at radius 3 is 2.30 bits per heavy atom. The number of aromatic nitrogens is 3. The van der Waals surface area contributed by atoms with Gasteiger partial charge in [-0.3, -0.25) is 0 Å². The molecule has 2 aromatic heterocycles. The van der Waals surface area contributed by atoms with Crippen molar-refractivity contribution in [3.05, 3.63) is 75.5 Å². The maximum Gasteiger partial charge on any atom is 0.435 e. The summed E-state index contributed by atoms with van der Waals surface area (Å²) in [4.78, 5) is 4.34. The minimum absolute atomic E-state index is 0.0883. The fourth-order valence-corrected chi connectivity index (χ4v) is 3.43. The Kier molecular flexibility index (Phi) is 5.11. The van der Waals surface area contributed by atoms with Crippen molar-refractivity contribution >= 4 is 40.4 Å². The number of halogens is 5. The van der Waals surface area contributed by atoms with E-state index in [9.17, 15) is 13.2 Å². The number of rotatable bonds is 3. The molecule has 1 N–H and O–H groups in total. The molecule has 0 bridgehead atoms. The summed E-state index contributed by atoms with van der Waals surface area (Å²) in [5.74, 6) is 0.336. The highest BCUT2D eigenvalue weighted by Gasteiger charge is 2.39. The maximum atomic E-state index is 13.8. The molecule has 0 saturated carbocycles. The SMILES string of the molecule is Cc1cc(Nc2ccc(C)c(Cl)c2)n2nc(C(F)(F)F)c(-c3ccc(Cl)cc3)c2n1. The van der Waals surface area contributed by atoms with Gasteiger partial charge < -0.3 is 5.32 Å². The van der Waals surface area contributed by atoms with Crippen LogP contribution in [-0.4, -0.2) is 14.6 Å². The van der Waals surface area contributed by atoms with Gasteiger partial charge in [0.15, 0.2) is 11.3 Å². The molecule has 0 aliphatic heterocycles. The summed E-state index contributed by atoms with van der Waals surface area (Å²) in [5.41, 5.74) is 1.33. The number of alkyl halides is 3. The number of aryl methyl sites for hydroxylation is 2. The Labute approximate surface area is 180 Å². The van der Waals surface area contributed by atoms with Crippen LogP contribution in [0, 0.1) is 13.8 Å². The predicted octanol–water partition coefficient (Wildman–Crippen LogP) is 7.08. The molecular weight excluding hydrogens is 436 g/mol. The molecule has 0 spiro atoms. The second-order valence-corrected chi connectivity index (χ2v) is 7.68. The molecule has 0 saturated heterocycles. The van der Waals surface area contributed by atoms with E-state index in [1.165, 1.54) is 24.3 Å². The van der Waals surface area contributed by atoms with Crippen molar-refractivity contribution in [3.63, 3.8) is 0 Å². The molecule has 0 unspecified atom stereocenters. The van der Waals surface area contributed by atoms with Crippen LogP contribution in [0.2, 0.25) is 10.0 Å². The topological polar surface area (TPSA) is 42.2 Å². The summed E-state index contributed by atoms with van der Waals surface area (Å²) in [7, 11) is 0. The largest absolute Gasteiger partial charge is 0.435 e. The van der Waals surface area contributed by atoms with Gasteiger partial charge in [-0.2, -0.15) is 22.8 Å². The zero-order chi connectivity index (χ0) is 21.6. The molecule has 0 amide bonds. The average Bonchev–Trinajstić information content (AvgIpc) is 3.05. The lowest BCUT2D eigenvalue weighted by Gasteiger charge is -2.11. The van der Waals surface area contributed by atoms with Gasteiger partial charge in [0.25, 0.3) is 0 Å². The van der Waals surface area contributed by atoms with Gasteiger partial charge in [0.05, 0.1) is 5.56 Å². The van der Waals surface area contributed by atoms with E-state index in [0.29, 0.717) is 32.8 Å². The van der Waals surface area contributed by atoms with Crippen LogP contribution in [0.5, 0.6) is 0 Å². The third-order valence-corrected chi connectivity index (χ3v) is 5.22. The van der Waals surface area contributed by atoms with Crippen LogP contribution in [0.1, 0.15) is 17.0 Å². The van der Waals surface area contributed by atoms with Crippen LogP contribution >= 0.6 is 23.2 Å². The fraction of sp³-hybridized carbons (Fsp3) is 0.143. The molecule has 2 aromatic carbocycles. The van der Waals surface area contributed by atoms with Gasteiger partial charge >= 0.3 is 6.18 Å². The monoisotopic (exact) mass is 450 g/mol. The van der Waals surface area contributed by atoms with E-state index < -0.39 is 11.9 Å².